The molecule has 8 heteroatoms. The number of guanidine groups is 1. The summed E-state index contributed by atoms with van der Waals surface area (Å²) in [7, 11) is 0. The molecule has 22 heavy (non-hydrogen) atoms. The minimum Gasteiger partial charge on any atom is -0.329 e. The smallest absolute Gasteiger partial charge is 0.269 e. The van der Waals surface area contributed by atoms with E-state index in [1.807, 2.05) is 0 Å². The minimum atomic E-state index is -0.700. The van der Waals surface area contributed by atoms with Gasteiger partial charge in [-0.05, 0) is 19.4 Å². The van der Waals surface area contributed by atoms with Crippen molar-refractivity contribution in [1.29, 1.82) is 5.26 Å². The number of Topliss-reactive ketones (excluding diaryl/α,β-unsaturated/α-hetero) is 1. The molecule has 1 atom stereocenters. The summed E-state index contributed by atoms with van der Waals surface area (Å²) in [6, 6.07) is 5.24. The van der Waals surface area contributed by atoms with Gasteiger partial charge in [-0.25, -0.2) is 4.99 Å². The highest BCUT2D eigenvalue weighted by molar-refractivity contribution is 5.98. The number of nitrogens with one attached hydrogen (secondary N) is 2. The predicted octanol–water partition coefficient (Wildman–Crippen LogP) is 1.53. The number of aliphatic imine (C=N–C) groups is 1. The number of nitrogens with zero attached hydrogens (tertiary/aromatic N) is 3. The van der Waals surface area contributed by atoms with Gasteiger partial charge in [0.2, 0.25) is 5.96 Å². The molecule has 0 radical (unpaired) electrons. The van der Waals surface area contributed by atoms with Crippen LogP contribution in [0, 0.1) is 21.6 Å². The van der Waals surface area contributed by atoms with Gasteiger partial charge in [0.1, 0.15) is 6.04 Å². The Morgan fingerprint density at radius 3 is 2.86 bits per heavy atom. The van der Waals surface area contributed by atoms with Crippen LogP contribution in [-0.4, -0.2) is 16.7 Å². The van der Waals surface area contributed by atoms with E-state index < -0.39 is 11.0 Å². The van der Waals surface area contributed by atoms with E-state index in [0.717, 1.165) is 0 Å². The number of allylic oxidation sites excluding steroid dienone is 1. The number of ketones is 1. The van der Waals surface area contributed by atoms with Crippen molar-refractivity contribution in [3.8, 4) is 6.19 Å². The van der Waals surface area contributed by atoms with Gasteiger partial charge in [0, 0.05) is 23.4 Å². The second kappa shape index (κ2) is 6.05. The largest absolute Gasteiger partial charge is 0.329 e. The van der Waals surface area contributed by atoms with E-state index in [4.69, 9.17) is 5.26 Å². The molecule has 0 aromatic heterocycles. The molecule has 0 bridgehead atoms. The standard InChI is InChI=1S/C14H13N5O3/c1-8-12(9(2)20)13(18-14(17-8)16-7-15)10-4-3-5-11(6-10)19(21)22/h3-6,13H,1-2H3,(H2,16,17,18)/t13-/m0/s1. The molecular formula is C14H13N5O3. The Kier molecular flexibility index (Phi) is 4.18. The average Bonchev–Trinajstić information content (AvgIpc) is 2.46. The topological polar surface area (TPSA) is 120 Å². The van der Waals surface area contributed by atoms with E-state index in [9.17, 15) is 14.9 Å². The van der Waals surface area contributed by atoms with Crippen LogP contribution < -0.4 is 10.6 Å². The lowest BCUT2D eigenvalue weighted by atomic mass is 9.93. The summed E-state index contributed by atoms with van der Waals surface area (Å²) in [6.45, 7) is 3.10. The van der Waals surface area contributed by atoms with Crippen molar-refractivity contribution in [2.45, 2.75) is 19.9 Å². The van der Waals surface area contributed by atoms with Crippen molar-refractivity contribution in [2.24, 2.45) is 4.99 Å². The molecule has 1 aliphatic rings. The van der Waals surface area contributed by atoms with Crippen molar-refractivity contribution in [2.75, 3.05) is 0 Å². The molecule has 0 aliphatic carbocycles. The van der Waals surface area contributed by atoms with Crippen LogP contribution in [0.4, 0.5) is 5.69 Å². The first-order valence-corrected chi connectivity index (χ1v) is 6.40. The fourth-order valence-electron chi connectivity index (χ4n) is 2.30. The molecule has 1 heterocycles. The Morgan fingerprint density at radius 2 is 2.27 bits per heavy atom. The molecule has 0 spiro atoms. The Labute approximate surface area is 126 Å². The van der Waals surface area contributed by atoms with Gasteiger partial charge in [-0.2, -0.15) is 5.26 Å². The SMILES string of the molecule is CC(=O)C1=C(C)NC(NC#N)=N[C@H]1c1cccc([N+](=O)[O-])c1. The van der Waals surface area contributed by atoms with Crippen LogP contribution in [0.3, 0.4) is 0 Å². The van der Waals surface area contributed by atoms with Crippen molar-refractivity contribution < 1.29 is 9.72 Å². The van der Waals surface area contributed by atoms with Crippen molar-refractivity contribution in [3.05, 3.63) is 51.2 Å². The summed E-state index contributed by atoms with van der Waals surface area (Å²) in [5.41, 5.74) is 1.39. The number of nitro groups is 1. The Balaban J connectivity index is 2.54. The first-order valence-electron chi connectivity index (χ1n) is 6.40. The molecule has 0 saturated carbocycles. The van der Waals surface area contributed by atoms with Gasteiger partial charge in [-0.3, -0.25) is 20.2 Å². The highest BCUT2D eigenvalue weighted by Gasteiger charge is 2.28. The summed E-state index contributed by atoms with van der Waals surface area (Å²) in [6.07, 6.45) is 1.74. The zero-order chi connectivity index (χ0) is 16.3. The minimum absolute atomic E-state index is 0.0819. The number of nitro benzene ring substituents is 1. The summed E-state index contributed by atoms with van der Waals surface area (Å²) >= 11 is 0. The molecule has 0 fully saturated rings. The third-order valence-electron chi connectivity index (χ3n) is 3.19. The Hall–Kier alpha value is -3.21. The number of hydrogen-bond donors (Lipinski definition) is 2. The summed E-state index contributed by atoms with van der Waals surface area (Å²) in [5, 5.41) is 24.8. The molecule has 1 aromatic rings. The first kappa shape index (κ1) is 15.2. The lowest BCUT2D eigenvalue weighted by molar-refractivity contribution is -0.384. The molecule has 2 rings (SSSR count). The molecule has 0 saturated heterocycles. The molecule has 0 unspecified atom stereocenters. The molecule has 112 valence electrons. The van der Waals surface area contributed by atoms with E-state index in [-0.39, 0.29) is 17.4 Å². The second-order valence-corrected chi connectivity index (χ2v) is 4.69. The molecule has 2 N–H and O–H groups in total. The van der Waals surface area contributed by atoms with Gasteiger partial charge in [-0.15, -0.1) is 0 Å². The lowest BCUT2D eigenvalue weighted by Gasteiger charge is -2.24. The maximum atomic E-state index is 11.9. The van der Waals surface area contributed by atoms with Crippen LogP contribution >= 0.6 is 0 Å². The Bertz CT molecular complexity index is 745. The van der Waals surface area contributed by atoms with Gasteiger partial charge < -0.3 is 5.32 Å². The van der Waals surface area contributed by atoms with E-state index >= 15 is 0 Å². The van der Waals surface area contributed by atoms with Crippen LogP contribution in [0.5, 0.6) is 0 Å². The number of benzene rings is 1. The fraction of sp³-hybridized carbons (Fsp3) is 0.214. The summed E-state index contributed by atoms with van der Waals surface area (Å²) in [5.74, 6) is 0.00256. The monoisotopic (exact) mass is 299 g/mol. The first-order chi connectivity index (χ1) is 10.4. The van der Waals surface area contributed by atoms with E-state index in [2.05, 4.69) is 15.6 Å². The quantitative estimate of drug-likeness (QED) is 0.378. The van der Waals surface area contributed by atoms with Crippen LogP contribution in [0.25, 0.3) is 0 Å². The predicted molar refractivity (Wildman–Crippen MR) is 78.5 cm³/mol. The third kappa shape index (κ3) is 2.93. The number of non-ortho nitro benzene ring substituents is 1. The van der Waals surface area contributed by atoms with Gasteiger partial charge in [-0.1, -0.05) is 12.1 Å². The van der Waals surface area contributed by atoms with Crippen molar-refractivity contribution >= 4 is 17.4 Å². The lowest BCUT2D eigenvalue weighted by Crippen LogP contribution is -2.38. The van der Waals surface area contributed by atoms with Crippen LogP contribution in [0.2, 0.25) is 0 Å². The molecule has 0 amide bonds. The van der Waals surface area contributed by atoms with E-state index in [1.165, 1.54) is 25.1 Å². The highest BCUT2D eigenvalue weighted by Crippen LogP contribution is 2.32. The molecule has 1 aromatic carbocycles. The number of rotatable bonds is 3. The zero-order valence-corrected chi connectivity index (χ0v) is 12.0. The third-order valence-corrected chi connectivity index (χ3v) is 3.19. The average molecular weight is 299 g/mol. The Morgan fingerprint density at radius 1 is 1.55 bits per heavy atom. The normalized spacial score (nSPS) is 17.1. The number of carbonyl (C=O) groups is 1. The summed E-state index contributed by atoms with van der Waals surface area (Å²) < 4.78 is 0. The van der Waals surface area contributed by atoms with Gasteiger partial charge in [0.15, 0.2) is 12.0 Å². The van der Waals surface area contributed by atoms with E-state index in [0.29, 0.717) is 16.8 Å². The fourth-order valence-corrected chi connectivity index (χ4v) is 2.30. The summed E-state index contributed by atoms with van der Waals surface area (Å²) in [4.78, 5) is 26.6. The van der Waals surface area contributed by atoms with Crippen molar-refractivity contribution in [3.63, 3.8) is 0 Å². The zero-order valence-electron chi connectivity index (χ0n) is 12.0. The number of carbonyl (C=O) groups excluding carboxylic acids is 1. The highest BCUT2D eigenvalue weighted by atomic mass is 16.6. The van der Waals surface area contributed by atoms with Gasteiger partial charge in [0.05, 0.1) is 4.92 Å². The molecule has 1 aliphatic heterocycles. The van der Waals surface area contributed by atoms with Gasteiger partial charge >= 0.3 is 0 Å². The molecular weight excluding hydrogens is 286 g/mol. The van der Waals surface area contributed by atoms with Crippen molar-refractivity contribution in [1.82, 2.24) is 10.6 Å². The van der Waals surface area contributed by atoms with Gasteiger partial charge in [0.25, 0.3) is 5.69 Å². The van der Waals surface area contributed by atoms with E-state index in [1.54, 1.807) is 19.2 Å². The number of nitriles is 1. The van der Waals surface area contributed by atoms with Crippen LogP contribution in [0.15, 0.2) is 40.5 Å². The maximum absolute atomic E-state index is 11.9. The second-order valence-electron chi connectivity index (χ2n) is 4.69. The maximum Gasteiger partial charge on any atom is 0.269 e. The van der Waals surface area contributed by atoms with Crippen LogP contribution in [0.1, 0.15) is 25.5 Å². The van der Waals surface area contributed by atoms with Crippen LogP contribution in [-0.2, 0) is 4.79 Å². The number of hydrogen-bond acceptors (Lipinski definition) is 7. The molecule has 8 nitrogen and oxygen atoms in total.